The van der Waals surface area contributed by atoms with E-state index in [1.54, 1.807) is 0 Å². The van der Waals surface area contributed by atoms with Gasteiger partial charge in [-0.1, -0.05) is 19.6 Å². The number of rotatable bonds is 4. The molecule has 0 atom stereocenters. The Morgan fingerprint density at radius 3 is 1.58 bits per heavy atom. The summed E-state index contributed by atoms with van der Waals surface area (Å²) in [6.07, 6.45) is 16.1. The molecule has 2 saturated carbocycles. The zero-order chi connectivity index (χ0) is 17.6. The first-order valence-corrected chi connectivity index (χ1v) is 11.9. The average Bonchev–Trinajstić information content (AvgIpc) is 3.12. The zero-order valence-corrected chi connectivity index (χ0v) is 18.1. The Hall–Kier alpha value is 0.206. The quantitative estimate of drug-likeness (QED) is 0.661. The molecule has 0 aromatic carbocycles. The fraction of sp³-hybridized carbons (Fsp3) is 0.450. The van der Waals surface area contributed by atoms with Gasteiger partial charge in [-0.3, -0.25) is 4.79 Å². The predicted octanol–water partition coefficient (Wildman–Crippen LogP) is 4.30. The standard InChI is InChI=1S/C15H26NOSi.C5H5.Fe/c1-11(2)16(12(3)4)15(17)13-9-8-10-14(13)18(5,6)7;1-2-4-5-3-1;/h8-12H,1-7H3;1-5H;. The largest absolute Gasteiger partial charge is 0.337 e. The van der Waals surface area contributed by atoms with Crippen molar-refractivity contribution in [2.24, 2.45) is 0 Å². The minimum absolute atomic E-state index is 0. The van der Waals surface area contributed by atoms with Crippen molar-refractivity contribution in [3.63, 3.8) is 0 Å². The van der Waals surface area contributed by atoms with Crippen LogP contribution in [0.4, 0.5) is 0 Å². The molecule has 2 aliphatic rings. The van der Waals surface area contributed by atoms with E-state index in [2.05, 4.69) is 53.8 Å². The van der Waals surface area contributed by atoms with E-state index < -0.39 is 8.07 Å². The number of hydrogen-bond acceptors (Lipinski definition) is 1. The fourth-order valence-electron chi connectivity index (χ4n) is 2.79. The summed E-state index contributed by atoms with van der Waals surface area (Å²) in [6, 6.07) is 0.476. The Balaban J connectivity index is 0.000000751. The van der Waals surface area contributed by atoms with Crippen LogP contribution in [0.3, 0.4) is 0 Å². The van der Waals surface area contributed by atoms with Gasteiger partial charge in [-0.15, -0.1) is 0 Å². The molecule has 2 rings (SSSR count). The van der Waals surface area contributed by atoms with Crippen LogP contribution < -0.4 is 0 Å². The number of carbonyl (C=O) groups excluding carboxylic acids is 1. The van der Waals surface area contributed by atoms with Crippen molar-refractivity contribution in [2.75, 3.05) is 0 Å². The summed E-state index contributed by atoms with van der Waals surface area (Å²) in [5, 5.41) is 0. The van der Waals surface area contributed by atoms with Gasteiger partial charge in [0.25, 0.3) is 0 Å². The van der Waals surface area contributed by atoms with Crippen molar-refractivity contribution in [1.29, 1.82) is 0 Å². The second-order valence-corrected chi connectivity index (χ2v) is 12.5. The van der Waals surface area contributed by atoms with Gasteiger partial charge in [0.15, 0.2) is 0 Å². The molecule has 0 unspecified atom stereocenters. The third-order valence-corrected chi connectivity index (χ3v) is 5.81. The summed E-state index contributed by atoms with van der Waals surface area (Å²) in [7, 11) is -1.45. The van der Waals surface area contributed by atoms with Gasteiger partial charge in [-0.2, -0.15) is 0 Å². The number of amides is 1. The van der Waals surface area contributed by atoms with Crippen LogP contribution in [0, 0.1) is 62.8 Å². The molecule has 2 fully saturated rings. The second-order valence-electron chi connectivity index (χ2n) is 7.47. The van der Waals surface area contributed by atoms with Gasteiger partial charge in [0.2, 0.25) is 5.91 Å². The molecule has 0 N–H and O–H groups in total. The third-order valence-electron chi connectivity index (χ3n) is 3.76. The fourth-order valence-corrected chi connectivity index (χ4v) is 4.38. The Bertz CT molecular complexity index is 346. The van der Waals surface area contributed by atoms with Crippen molar-refractivity contribution in [3.05, 3.63) is 62.8 Å². The molecule has 0 spiro atoms. The molecule has 0 heterocycles. The number of carbonyl (C=O) groups is 1. The summed E-state index contributed by atoms with van der Waals surface area (Å²) in [4.78, 5) is 14.7. The van der Waals surface area contributed by atoms with Crippen LogP contribution in [0.5, 0.6) is 0 Å². The number of hydrogen-bond donors (Lipinski definition) is 0. The maximum atomic E-state index is 12.7. The minimum Gasteiger partial charge on any atom is -0.337 e. The zero-order valence-electron chi connectivity index (χ0n) is 16.0. The molecule has 24 heavy (non-hydrogen) atoms. The molecular weight excluding hydrogens is 354 g/mol. The van der Waals surface area contributed by atoms with E-state index in [1.807, 2.05) is 49.8 Å². The van der Waals surface area contributed by atoms with Crippen molar-refractivity contribution < 1.29 is 21.9 Å². The Kier molecular flexibility index (Phi) is 11.1. The van der Waals surface area contributed by atoms with Gasteiger partial charge in [-0.05, 0) is 84.6 Å². The second kappa shape index (κ2) is 11.0. The summed E-state index contributed by atoms with van der Waals surface area (Å²) in [5.74, 6) is 1.10. The SMILES string of the molecule is CC(C)N(C(=O)[C]1[CH][CH][CH][C]1[Si](C)(C)C)C(C)C.[CH]1[CH][CH][CH][CH]1.[Fe]. The first-order chi connectivity index (χ1) is 10.7. The third kappa shape index (κ3) is 7.21. The van der Waals surface area contributed by atoms with Gasteiger partial charge >= 0.3 is 0 Å². The van der Waals surface area contributed by atoms with E-state index in [9.17, 15) is 4.79 Å². The molecule has 10 radical (unpaired) electrons. The molecule has 0 aromatic heterocycles. The summed E-state index contributed by atoms with van der Waals surface area (Å²) >= 11 is 0. The Morgan fingerprint density at radius 2 is 1.25 bits per heavy atom. The normalized spacial score (nSPS) is 19.2. The van der Waals surface area contributed by atoms with Crippen LogP contribution in [-0.4, -0.2) is 31.0 Å². The molecule has 0 aliphatic heterocycles. The van der Waals surface area contributed by atoms with E-state index in [0.717, 1.165) is 5.92 Å². The van der Waals surface area contributed by atoms with E-state index in [-0.39, 0.29) is 35.1 Å². The maximum absolute atomic E-state index is 12.7. The van der Waals surface area contributed by atoms with Gasteiger partial charge in [0, 0.05) is 29.2 Å². The van der Waals surface area contributed by atoms with E-state index in [4.69, 9.17) is 0 Å². The molecule has 4 heteroatoms. The van der Waals surface area contributed by atoms with Crippen LogP contribution in [-0.2, 0) is 21.9 Å². The molecular formula is C20H31FeNOSi. The molecule has 2 aliphatic carbocycles. The van der Waals surface area contributed by atoms with Gasteiger partial charge in [-0.25, -0.2) is 0 Å². The summed E-state index contributed by atoms with van der Waals surface area (Å²) < 4.78 is 0. The van der Waals surface area contributed by atoms with Gasteiger partial charge < -0.3 is 4.90 Å². The van der Waals surface area contributed by atoms with Gasteiger partial charge in [0.1, 0.15) is 0 Å². The smallest absolute Gasteiger partial charge is 0.230 e. The van der Waals surface area contributed by atoms with Gasteiger partial charge in [0.05, 0.1) is 14.0 Å². The van der Waals surface area contributed by atoms with E-state index in [0.29, 0.717) is 0 Å². The van der Waals surface area contributed by atoms with Crippen LogP contribution in [0.25, 0.3) is 0 Å². The minimum atomic E-state index is -1.45. The molecule has 0 bridgehead atoms. The van der Waals surface area contributed by atoms with Crippen molar-refractivity contribution >= 4 is 14.0 Å². The Labute approximate surface area is 163 Å². The van der Waals surface area contributed by atoms with Crippen LogP contribution >= 0.6 is 0 Å². The molecule has 1 amide bonds. The van der Waals surface area contributed by atoms with Crippen LogP contribution in [0.2, 0.25) is 19.6 Å². The van der Waals surface area contributed by atoms with Crippen LogP contribution in [0.1, 0.15) is 27.7 Å². The van der Waals surface area contributed by atoms with Crippen LogP contribution in [0.15, 0.2) is 0 Å². The summed E-state index contributed by atoms with van der Waals surface area (Å²) in [5.41, 5.74) is 1.28. The first-order valence-electron chi connectivity index (χ1n) is 8.41. The first kappa shape index (κ1) is 24.2. The summed E-state index contributed by atoms with van der Waals surface area (Å²) in [6.45, 7) is 15.2. The Morgan fingerprint density at radius 1 is 0.833 bits per heavy atom. The number of nitrogens with zero attached hydrogens (tertiary/aromatic N) is 1. The molecule has 0 aromatic rings. The average molecular weight is 385 g/mol. The van der Waals surface area contributed by atoms with E-state index >= 15 is 0 Å². The molecule has 0 saturated heterocycles. The monoisotopic (exact) mass is 385 g/mol. The molecule has 134 valence electrons. The maximum Gasteiger partial charge on any atom is 0.230 e. The van der Waals surface area contributed by atoms with E-state index in [1.165, 1.54) is 5.54 Å². The predicted molar refractivity (Wildman–Crippen MR) is 101 cm³/mol. The molecule has 2 nitrogen and oxygen atoms in total. The van der Waals surface area contributed by atoms with Crippen molar-refractivity contribution in [1.82, 2.24) is 4.90 Å². The van der Waals surface area contributed by atoms with Crippen molar-refractivity contribution in [3.8, 4) is 0 Å². The topological polar surface area (TPSA) is 20.3 Å². The van der Waals surface area contributed by atoms with Crippen molar-refractivity contribution in [2.45, 2.75) is 59.4 Å².